The summed E-state index contributed by atoms with van der Waals surface area (Å²) in [5.41, 5.74) is 1.83. The van der Waals surface area contributed by atoms with Crippen LogP contribution in [0.5, 0.6) is 5.75 Å². The van der Waals surface area contributed by atoms with E-state index in [4.69, 9.17) is 9.47 Å². The third kappa shape index (κ3) is 3.03. The first-order chi connectivity index (χ1) is 11.0. The second-order valence-corrected chi connectivity index (χ2v) is 6.00. The zero-order valence-electron chi connectivity index (χ0n) is 13.3. The van der Waals surface area contributed by atoms with E-state index in [0.29, 0.717) is 26.0 Å². The Bertz CT molecular complexity index is 629. The van der Waals surface area contributed by atoms with Crippen molar-refractivity contribution in [1.82, 2.24) is 4.90 Å². The molecular weight excluding hydrogens is 298 g/mol. The van der Waals surface area contributed by atoms with Crippen molar-refractivity contribution in [2.75, 3.05) is 13.7 Å². The van der Waals surface area contributed by atoms with Crippen LogP contribution in [0.3, 0.4) is 0 Å². The summed E-state index contributed by atoms with van der Waals surface area (Å²) in [6.45, 7) is 2.78. The Kier molecular flexibility index (Phi) is 4.26. The predicted octanol–water partition coefficient (Wildman–Crippen LogP) is 1.24. The highest BCUT2D eigenvalue weighted by molar-refractivity contribution is 5.88. The van der Waals surface area contributed by atoms with Crippen LogP contribution in [-0.4, -0.2) is 47.7 Å². The van der Waals surface area contributed by atoms with Gasteiger partial charge in [0.05, 0.1) is 19.1 Å². The summed E-state index contributed by atoms with van der Waals surface area (Å²) in [6.07, 6.45) is 1.06. The van der Waals surface area contributed by atoms with Gasteiger partial charge in [0.15, 0.2) is 0 Å². The molecule has 1 heterocycles. The molecule has 1 aliphatic carbocycles. The van der Waals surface area contributed by atoms with Gasteiger partial charge in [-0.05, 0) is 36.6 Å². The number of phenolic OH excluding ortho intramolecular Hbond substituents is 1. The van der Waals surface area contributed by atoms with E-state index in [1.165, 1.54) is 7.11 Å². The number of carbonyl (C=O) groups excluding carboxylic acids is 2. The molecule has 1 amide bonds. The van der Waals surface area contributed by atoms with Crippen molar-refractivity contribution in [2.45, 2.75) is 38.5 Å². The number of ether oxygens (including phenoxy) is 2. The normalized spacial score (nSPS) is 25.7. The number of amides is 1. The molecule has 6 nitrogen and oxygen atoms in total. The molecule has 0 spiro atoms. The summed E-state index contributed by atoms with van der Waals surface area (Å²) in [7, 11) is 1.33. The molecule has 0 aromatic heterocycles. The van der Waals surface area contributed by atoms with Crippen LogP contribution < -0.4 is 0 Å². The van der Waals surface area contributed by atoms with Crippen LogP contribution in [-0.2, 0) is 32.0 Å². The van der Waals surface area contributed by atoms with Gasteiger partial charge in [-0.15, -0.1) is 0 Å². The largest absolute Gasteiger partial charge is 0.508 e. The van der Waals surface area contributed by atoms with E-state index < -0.39 is 12.0 Å². The topological polar surface area (TPSA) is 76.1 Å². The Morgan fingerprint density at radius 3 is 2.83 bits per heavy atom. The SMILES string of the molecule is CCOC1CC1C(=O)N1Cc2cc(O)ccc2CC1C(=O)OC. The molecule has 1 saturated carbocycles. The molecule has 1 aromatic carbocycles. The van der Waals surface area contributed by atoms with Crippen molar-refractivity contribution in [2.24, 2.45) is 5.92 Å². The van der Waals surface area contributed by atoms with Crippen LogP contribution >= 0.6 is 0 Å². The number of hydrogen-bond donors (Lipinski definition) is 1. The zero-order chi connectivity index (χ0) is 16.6. The minimum Gasteiger partial charge on any atom is -0.508 e. The number of nitrogens with zero attached hydrogens (tertiary/aromatic N) is 1. The average molecular weight is 319 g/mol. The van der Waals surface area contributed by atoms with Crippen molar-refractivity contribution in [3.8, 4) is 5.75 Å². The molecule has 1 N–H and O–H groups in total. The van der Waals surface area contributed by atoms with E-state index in [2.05, 4.69) is 0 Å². The molecule has 0 saturated heterocycles. The lowest BCUT2D eigenvalue weighted by Gasteiger charge is -2.35. The maximum atomic E-state index is 12.7. The number of hydrogen-bond acceptors (Lipinski definition) is 5. The molecule has 3 atom stereocenters. The second-order valence-electron chi connectivity index (χ2n) is 6.00. The predicted molar refractivity (Wildman–Crippen MR) is 81.7 cm³/mol. The van der Waals surface area contributed by atoms with Crippen LogP contribution in [0.4, 0.5) is 0 Å². The summed E-state index contributed by atoms with van der Waals surface area (Å²) in [5.74, 6) is -0.509. The first-order valence-corrected chi connectivity index (χ1v) is 7.85. The summed E-state index contributed by atoms with van der Waals surface area (Å²) in [4.78, 5) is 26.4. The summed E-state index contributed by atoms with van der Waals surface area (Å²) >= 11 is 0. The van der Waals surface area contributed by atoms with Gasteiger partial charge in [0.1, 0.15) is 11.8 Å². The maximum absolute atomic E-state index is 12.7. The lowest BCUT2D eigenvalue weighted by molar-refractivity contribution is -0.154. The third-order valence-corrected chi connectivity index (χ3v) is 4.51. The molecule has 23 heavy (non-hydrogen) atoms. The van der Waals surface area contributed by atoms with E-state index in [9.17, 15) is 14.7 Å². The van der Waals surface area contributed by atoms with E-state index in [0.717, 1.165) is 11.1 Å². The third-order valence-electron chi connectivity index (χ3n) is 4.51. The lowest BCUT2D eigenvalue weighted by Crippen LogP contribution is -2.50. The van der Waals surface area contributed by atoms with Crippen LogP contribution in [0.1, 0.15) is 24.5 Å². The van der Waals surface area contributed by atoms with Gasteiger partial charge in [0.2, 0.25) is 5.91 Å². The Balaban J connectivity index is 1.84. The van der Waals surface area contributed by atoms with E-state index in [1.807, 2.05) is 6.92 Å². The van der Waals surface area contributed by atoms with Gasteiger partial charge in [-0.2, -0.15) is 0 Å². The average Bonchev–Trinajstić information content (AvgIpc) is 3.31. The zero-order valence-corrected chi connectivity index (χ0v) is 13.3. The molecule has 0 radical (unpaired) electrons. The number of rotatable bonds is 4. The molecule has 3 rings (SSSR count). The molecule has 0 bridgehead atoms. The second kappa shape index (κ2) is 6.20. The summed E-state index contributed by atoms with van der Waals surface area (Å²) in [5, 5.41) is 9.65. The fraction of sp³-hybridized carbons (Fsp3) is 0.529. The van der Waals surface area contributed by atoms with E-state index in [-0.39, 0.29) is 23.7 Å². The highest BCUT2D eigenvalue weighted by atomic mass is 16.5. The molecule has 1 aromatic rings. The maximum Gasteiger partial charge on any atom is 0.328 e. The van der Waals surface area contributed by atoms with E-state index in [1.54, 1.807) is 23.1 Å². The van der Waals surface area contributed by atoms with Gasteiger partial charge in [0.25, 0.3) is 0 Å². The monoisotopic (exact) mass is 319 g/mol. The molecule has 6 heteroatoms. The highest BCUT2D eigenvalue weighted by Gasteiger charge is 2.49. The number of carbonyl (C=O) groups is 2. The minimum atomic E-state index is -0.618. The molecule has 1 aliphatic heterocycles. The fourth-order valence-corrected chi connectivity index (χ4v) is 3.19. The first kappa shape index (κ1) is 15.8. The molecule has 2 aliphatic rings. The molecule has 1 fully saturated rings. The Morgan fingerprint density at radius 1 is 1.35 bits per heavy atom. The Hall–Kier alpha value is -2.08. The summed E-state index contributed by atoms with van der Waals surface area (Å²) < 4.78 is 10.4. The van der Waals surface area contributed by atoms with E-state index >= 15 is 0 Å². The molecule has 124 valence electrons. The van der Waals surface area contributed by atoms with Crippen LogP contribution in [0.2, 0.25) is 0 Å². The van der Waals surface area contributed by atoms with Gasteiger partial charge in [-0.25, -0.2) is 4.79 Å². The number of fused-ring (bicyclic) bond motifs is 1. The number of aromatic hydroxyl groups is 1. The van der Waals surface area contributed by atoms with Crippen LogP contribution in [0.25, 0.3) is 0 Å². The number of methoxy groups -OCH3 is 1. The van der Waals surface area contributed by atoms with Gasteiger partial charge in [-0.1, -0.05) is 6.07 Å². The minimum absolute atomic E-state index is 0.0450. The fourth-order valence-electron chi connectivity index (χ4n) is 3.19. The van der Waals surface area contributed by atoms with Crippen molar-refractivity contribution in [3.63, 3.8) is 0 Å². The molecular formula is C17H21NO5. The first-order valence-electron chi connectivity index (χ1n) is 7.85. The smallest absolute Gasteiger partial charge is 0.328 e. The van der Waals surface area contributed by atoms with Crippen molar-refractivity contribution < 1.29 is 24.2 Å². The highest BCUT2D eigenvalue weighted by Crippen LogP contribution is 2.38. The van der Waals surface area contributed by atoms with Crippen molar-refractivity contribution in [1.29, 1.82) is 0 Å². The number of benzene rings is 1. The van der Waals surface area contributed by atoms with Gasteiger partial charge >= 0.3 is 5.97 Å². The Labute approximate surface area is 135 Å². The van der Waals surface area contributed by atoms with Gasteiger partial charge in [-0.3, -0.25) is 4.79 Å². The van der Waals surface area contributed by atoms with Gasteiger partial charge in [0, 0.05) is 19.6 Å². The van der Waals surface area contributed by atoms with Crippen molar-refractivity contribution in [3.05, 3.63) is 29.3 Å². The van der Waals surface area contributed by atoms with Crippen LogP contribution in [0, 0.1) is 5.92 Å². The lowest BCUT2D eigenvalue weighted by atomic mass is 9.93. The Morgan fingerprint density at radius 2 is 2.13 bits per heavy atom. The van der Waals surface area contributed by atoms with Crippen LogP contribution in [0.15, 0.2) is 18.2 Å². The summed E-state index contributed by atoms with van der Waals surface area (Å²) in [6, 6.07) is 4.42. The standard InChI is InChI=1S/C17H21NO5/c1-3-23-15-8-13(15)16(20)18-9-11-6-12(19)5-4-10(11)7-14(18)17(21)22-2/h4-6,13-15,19H,3,7-9H2,1-2H3. The van der Waals surface area contributed by atoms with Crippen molar-refractivity contribution >= 4 is 11.9 Å². The number of esters is 1. The quantitative estimate of drug-likeness (QED) is 0.845. The van der Waals surface area contributed by atoms with Gasteiger partial charge < -0.3 is 19.5 Å². The molecule has 3 unspecified atom stereocenters. The number of phenols is 1.